The van der Waals surface area contributed by atoms with Crippen molar-refractivity contribution in [3.05, 3.63) is 5.69 Å². The third-order valence-electron chi connectivity index (χ3n) is 4.48. The van der Waals surface area contributed by atoms with Crippen molar-refractivity contribution in [2.45, 2.75) is 57.7 Å². The molecule has 0 bridgehead atoms. The Morgan fingerprint density at radius 1 is 1.15 bits per heavy atom. The van der Waals surface area contributed by atoms with E-state index < -0.39 is 0 Å². The molecule has 2 heterocycles. The van der Waals surface area contributed by atoms with E-state index >= 15 is 0 Å². The fourth-order valence-electron chi connectivity index (χ4n) is 2.29. The molecule has 1 aromatic rings. The summed E-state index contributed by atoms with van der Waals surface area (Å²) in [7, 11) is 3.79. The van der Waals surface area contributed by atoms with Gasteiger partial charge in [-0.2, -0.15) is 0 Å². The summed E-state index contributed by atoms with van der Waals surface area (Å²) >= 11 is 1.70. The second-order valence-electron chi connectivity index (χ2n) is 7.00. The van der Waals surface area contributed by atoms with E-state index in [0.29, 0.717) is 5.92 Å². The van der Waals surface area contributed by atoms with Gasteiger partial charge in [-0.15, -0.1) is 11.3 Å². The molecule has 1 saturated heterocycles. The predicted molar refractivity (Wildman–Crippen MR) is 84.1 cm³/mol. The largest absolute Gasteiger partial charge is 0.507 e. The van der Waals surface area contributed by atoms with Gasteiger partial charge in [-0.3, -0.25) is 0 Å². The Labute approximate surface area is 125 Å². The van der Waals surface area contributed by atoms with Crippen molar-refractivity contribution >= 4 is 28.4 Å². The van der Waals surface area contributed by atoms with Crippen LogP contribution in [0.2, 0.25) is 0 Å². The summed E-state index contributed by atoms with van der Waals surface area (Å²) in [5.74, 6) is 0.606. The number of hydrogen-bond donors (Lipinski definition) is 0. The van der Waals surface area contributed by atoms with Gasteiger partial charge in [0.25, 0.3) is 0 Å². The van der Waals surface area contributed by atoms with E-state index in [1.54, 1.807) is 11.3 Å². The second-order valence-corrected chi connectivity index (χ2v) is 8.01. The van der Waals surface area contributed by atoms with E-state index in [1.807, 2.05) is 14.1 Å². The van der Waals surface area contributed by atoms with E-state index in [-0.39, 0.29) is 18.3 Å². The topological polar surface area (TPSA) is 34.6 Å². The van der Waals surface area contributed by atoms with Crippen LogP contribution in [0.3, 0.4) is 0 Å². The molecule has 0 unspecified atom stereocenters. The summed E-state index contributed by atoms with van der Waals surface area (Å²) in [6.07, 6.45) is 2.48. The maximum Gasteiger partial charge on any atom is 0.507 e. The molecule has 4 nitrogen and oxygen atoms in total. The first-order chi connectivity index (χ1) is 9.21. The SMILES string of the molecule is CN(C)c1nc(C2CC2)c(B2OC(C)(C)C(C)(C)O2)s1. The molecule has 0 N–H and O–H groups in total. The summed E-state index contributed by atoms with van der Waals surface area (Å²) in [6.45, 7) is 8.38. The molecule has 0 spiro atoms. The minimum absolute atomic E-state index is 0.276. The maximum atomic E-state index is 6.19. The van der Waals surface area contributed by atoms with Crippen molar-refractivity contribution in [1.82, 2.24) is 4.98 Å². The lowest BCUT2D eigenvalue weighted by molar-refractivity contribution is 0.00578. The highest BCUT2D eigenvalue weighted by atomic mass is 32.1. The van der Waals surface area contributed by atoms with E-state index in [0.717, 1.165) is 9.91 Å². The van der Waals surface area contributed by atoms with Gasteiger partial charge >= 0.3 is 7.12 Å². The molecule has 20 heavy (non-hydrogen) atoms. The predicted octanol–water partition coefficient (Wildman–Crippen LogP) is 2.39. The van der Waals surface area contributed by atoms with Crippen LogP contribution in [-0.2, 0) is 9.31 Å². The first-order valence-corrected chi connectivity index (χ1v) is 8.06. The monoisotopic (exact) mass is 294 g/mol. The van der Waals surface area contributed by atoms with Crippen molar-refractivity contribution in [3.8, 4) is 0 Å². The normalized spacial score (nSPS) is 24.2. The highest BCUT2D eigenvalue weighted by Gasteiger charge is 2.53. The number of anilines is 1. The molecule has 0 amide bonds. The average molecular weight is 294 g/mol. The van der Waals surface area contributed by atoms with Crippen LogP contribution in [0.15, 0.2) is 0 Å². The smallest absolute Gasteiger partial charge is 0.399 e. The average Bonchev–Trinajstić information content (AvgIpc) is 3.00. The Bertz CT molecular complexity index is 507. The van der Waals surface area contributed by atoms with Crippen molar-refractivity contribution < 1.29 is 9.31 Å². The fourth-order valence-corrected chi connectivity index (χ4v) is 3.32. The van der Waals surface area contributed by atoms with Crippen LogP contribution in [0.25, 0.3) is 0 Å². The van der Waals surface area contributed by atoms with Crippen molar-refractivity contribution in [1.29, 1.82) is 0 Å². The van der Waals surface area contributed by atoms with Crippen molar-refractivity contribution in [3.63, 3.8) is 0 Å². The van der Waals surface area contributed by atoms with Gasteiger partial charge in [0.15, 0.2) is 5.13 Å². The van der Waals surface area contributed by atoms with Gasteiger partial charge in [-0.1, -0.05) is 0 Å². The molecular formula is C14H23BN2O2S. The fraction of sp³-hybridized carbons (Fsp3) is 0.786. The summed E-state index contributed by atoms with van der Waals surface area (Å²) in [5.41, 5.74) is 0.610. The number of aromatic nitrogens is 1. The Balaban J connectivity index is 1.94. The van der Waals surface area contributed by atoms with Gasteiger partial charge in [-0.05, 0) is 40.5 Å². The molecular weight excluding hydrogens is 271 g/mol. The van der Waals surface area contributed by atoms with E-state index in [2.05, 4.69) is 32.6 Å². The minimum Gasteiger partial charge on any atom is -0.399 e. The van der Waals surface area contributed by atoms with Gasteiger partial charge in [0, 0.05) is 20.0 Å². The van der Waals surface area contributed by atoms with Crippen LogP contribution in [0.1, 0.15) is 52.1 Å². The van der Waals surface area contributed by atoms with Crippen molar-refractivity contribution in [2.75, 3.05) is 19.0 Å². The minimum atomic E-state index is -0.291. The van der Waals surface area contributed by atoms with E-state index in [9.17, 15) is 0 Å². The zero-order valence-corrected chi connectivity index (χ0v) is 14.0. The molecule has 1 aliphatic carbocycles. The lowest BCUT2D eigenvalue weighted by Crippen LogP contribution is -2.41. The highest BCUT2D eigenvalue weighted by Crippen LogP contribution is 2.43. The molecule has 6 heteroatoms. The summed E-state index contributed by atoms with van der Waals surface area (Å²) in [5, 5.41) is 1.04. The standard InChI is InChI=1S/C14H23BN2O2S/c1-13(2)14(3,4)19-15(18-13)11-10(9-7-8-9)16-12(20-11)17(5)6/h9H,7-8H2,1-6H3. The van der Waals surface area contributed by atoms with Gasteiger partial charge in [-0.25, -0.2) is 4.98 Å². The second kappa shape index (κ2) is 4.45. The zero-order chi connectivity index (χ0) is 14.7. The first-order valence-electron chi connectivity index (χ1n) is 7.25. The van der Waals surface area contributed by atoms with Gasteiger partial charge in [0.05, 0.1) is 21.7 Å². The van der Waals surface area contributed by atoms with Crippen molar-refractivity contribution in [2.24, 2.45) is 0 Å². The molecule has 3 rings (SSSR count). The Kier molecular flexibility index (Phi) is 3.20. The van der Waals surface area contributed by atoms with Crippen LogP contribution in [0, 0.1) is 0 Å². The van der Waals surface area contributed by atoms with E-state index in [1.165, 1.54) is 18.5 Å². The molecule has 0 radical (unpaired) electrons. The third kappa shape index (κ3) is 2.28. The van der Waals surface area contributed by atoms with Gasteiger partial charge in [0.2, 0.25) is 0 Å². The molecule has 2 aliphatic rings. The van der Waals surface area contributed by atoms with Crippen LogP contribution in [0.4, 0.5) is 5.13 Å². The van der Waals surface area contributed by atoms with Gasteiger partial charge in [0.1, 0.15) is 0 Å². The molecule has 1 aliphatic heterocycles. The molecule has 1 saturated carbocycles. The zero-order valence-electron chi connectivity index (χ0n) is 13.2. The maximum absolute atomic E-state index is 6.19. The number of rotatable bonds is 3. The van der Waals surface area contributed by atoms with Crippen LogP contribution in [-0.4, -0.2) is 37.4 Å². The van der Waals surface area contributed by atoms with Crippen LogP contribution < -0.4 is 9.68 Å². The molecule has 2 fully saturated rings. The Hall–Kier alpha value is -0.585. The number of thiazole rings is 1. The highest BCUT2D eigenvalue weighted by molar-refractivity contribution is 7.25. The summed E-state index contributed by atoms with van der Waals surface area (Å²) in [6, 6.07) is 0. The lowest BCUT2D eigenvalue weighted by Gasteiger charge is -2.32. The first kappa shape index (κ1) is 14.4. The number of nitrogens with zero attached hydrogens (tertiary/aromatic N) is 2. The molecule has 1 aromatic heterocycles. The molecule has 110 valence electrons. The Morgan fingerprint density at radius 3 is 2.15 bits per heavy atom. The quantitative estimate of drug-likeness (QED) is 0.802. The van der Waals surface area contributed by atoms with Gasteiger partial charge < -0.3 is 14.2 Å². The van der Waals surface area contributed by atoms with E-state index in [4.69, 9.17) is 14.3 Å². The van der Waals surface area contributed by atoms with Crippen LogP contribution >= 0.6 is 11.3 Å². The Morgan fingerprint density at radius 2 is 1.70 bits per heavy atom. The molecule has 0 atom stereocenters. The third-order valence-corrected chi connectivity index (χ3v) is 5.74. The number of hydrogen-bond acceptors (Lipinski definition) is 5. The summed E-state index contributed by atoms with van der Waals surface area (Å²) < 4.78 is 13.5. The summed E-state index contributed by atoms with van der Waals surface area (Å²) in [4.78, 5) is 6.86. The lowest BCUT2D eigenvalue weighted by atomic mass is 9.85. The molecule has 0 aromatic carbocycles. The van der Waals surface area contributed by atoms with Crippen LogP contribution in [0.5, 0.6) is 0 Å².